The first kappa shape index (κ1) is 15.0. The molecule has 112 valence electrons. The van der Waals surface area contributed by atoms with Crippen LogP contribution in [-0.2, 0) is 14.3 Å². The number of hydrogen-bond acceptors (Lipinski definition) is 4. The lowest BCUT2D eigenvalue weighted by Gasteiger charge is -2.34. The second kappa shape index (κ2) is 6.88. The number of rotatable bonds is 4. The van der Waals surface area contributed by atoms with Gasteiger partial charge in [-0.1, -0.05) is 18.2 Å². The molecule has 1 heterocycles. The molecule has 1 N–H and O–H groups in total. The van der Waals surface area contributed by atoms with E-state index >= 15 is 0 Å². The maximum absolute atomic E-state index is 12.5. The van der Waals surface area contributed by atoms with Gasteiger partial charge in [-0.3, -0.25) is 14.4 Å². The normalized spacial score (nSPS) is 18.0. The molecular weight excluding hydrogens is 272 g/mol. The number of benzene rings is 1. The van der Waals surface area contributed by atoms with E-state index in [0.717, 1.165) is 0 Å². The first-order chi connectivity index (χ1) is 10.1. The predicted molar refractivity (Wildman–Crippen MR) is 75.5 cm³/mol. The van der Waals surface area contributed by atoms with Gasteiger partial charge in [0.25, 0.3) is 5.91 Å². The van der Waals surface area contributed by atoms with Gasteiger partial charge in [0.05, 0.1) is 13.0 Å². The monoisotopic (exact) mass is 290 g/mol. The fraction of sp³-hybridized carbons (Fsp3) is 0.400. The van der Waals surface area contributed by atoms with E-state index in [4.69, 9.17) is 4.74 Å². The van der Waals surface area contributed by atoms with Gasteiger partial charge in [-0.05, 0) is 19.1 Å². The van der Waals surface area contributed by atoms with Gasteiger partial charge in [0.15, 0.2) is 0 Å². The van der Waals surface area contributed by atoms with Crippen LogP contribution in [-0.4, -0.2) is 48.4 Å². The molecule has 0 saturated carbocycles. The van der Waals surface area contributed by atoms with Crippen LogP contribution in [0.4, 0.5) is 0 Å². The molecule has 1 fully saturated rings. The third-order valence-corrected chi connectivity index (χ3v) is 3.28. The molecule has 0 aliphatic carbocycles. The Morgan fingerprint density at radius 2 is 2.05 bits per heavy atom. The maximum atomic E-state index is 12.5. The van der Waals surface area contributed by atoms with E-state index in [9.17, 15) is 14.4 Å². The summed E-state index contributed by atoms with van der Waals surface area (Å²) >= 11 is 0. The van der Waals surface area contributed by atoms with Crippen LogP contribution in [0, 0.1) is 0 Å². The topological polar surface area (TPSA) is 75.7 Å². The predicted octanol–water partition coefficient (Wildman–Crippen LogP) is 0.580. The number of amides is 2. The second-order valence-electron chi connectivity index (χ2n) is 4.68. The van der Waals surface area contributed by atoms with Gasteiger partial charge < -0.3 is 15.0 Å². The lowest BCUT2D eigenvalue weighted by Crippen LogP contribution is -2.57. The van der Waals surface area contributed by atoms with Crippen molar-refractivity contribution in [2.75, 3.05) is 19.7 Å². The summed E-state index contributed by atoms with van der Waals surface area (Å²) in [4.78, 5) is 37.5. The van der Waals surface area contributed by atoms with Crippen LogP contribution in [0.15, 0.2) is 30.3 Å². The average molecular weight is 290 g/mol. The Labute approximate surface area is 123 Å². The van der Waals surface area contributed by atoms with Crippen LogP contribution < -0.4 is 5.32 Å². The van der Waals surface area contributed by atoms with Gasteiger partial charge in [0.1, 0.15) is 6.04 Å². The summed E-state index contributed by atoms with van der Waals surface area (Å²) in [6.07, 6.45) is -0.127. The zero-order chi connectivity index (χ0) is 15.2. The molecule has 0 radical (unpaired) electrons. The summed E-state index contributed by atoms with van der Waals surface area (Å²) in [7, 11) is 0. The lowest BCUT2D eigenvalue weighted by molar-refractivity contribution is -0.147. The standard InChI is InChI=1S/C15H18N2O4/c1-2-21-13(18)10-12-14(19)16-8-9-17(12)15(20)11-6-4-3-5-7-11/h3-7,12H,2,8-10H2,1H3,(H,16,19)/t12-/m1/s1. The minimum Gasteiger partial charge on any atom is -0.466 e. The summed E-state index contributed by atoms with van der Waals surface area (Å²) in [6, 6.07) is 7.91. The maximum Gasteiger partial charge on any atom is 0.308 e. The number of carbonyl (C=O) groups is 3. The van der Waals surface area contributed by atoms with E-state index in [2.05, 4.69) is 5.32 Å². The molecule has 1 aromatic rings. The minimum absolute atomic E-state index is 0.127. The van der Waals surface area contributed by atoms with Crippen molar-refractivity contribution in [2.24, 2.45) is 0 Å². The molecule has 0 spiro atoms. The van der Waals surface area contributed by atoms with Gasteiger partial charge in [-0.2, -0.15) is 0 Å². The lowest BCUT2D eigenvalue weighted by atomic mass is 10.1. The average Bonchev–Trinajstić information content (AvgIpc) is 2.50. The van der Waals surface area contributed by atoms with E-state index in [-0.39, 0.29) is 24.8 Å². The van der Waals surface area contributed by atoms with E-state index in [1.54, 1.807) is 31.2 Å². The zero-order valence-corrected chi connectivity index (χ0v) is 11.9. The number of hydrogen-bond donors (Lipinski definition) is 1. The molecule has 21 heavy (non-hydrogen) atoms. The Morgan fingerprint density at radius 3 is 2.71 bits per heavy atom. The van der Waals surface area contributed by atoms with Crippen LogP contribution in [0.1, 0.15) is 23.7 Å². The number of piperazine rings is 1. The van der Waals surface area contributed by atoms with Crippen molar-refractivity contribution in [3.63, 3.8) is 0 Å². The smallest absolute Gasteiger partial charge is 0.308 e. The Bertz CT molecular complexity index is 530. The summed E-state index contributed by atoms with van der Waals surface area (Å²) in [5.74, 6) is -1.05. The van der Waals surface area contributed by atoms with Crippen LogP contribution in [0.5, 0.6) is 0 Å². The van der Waals surface area contributed by atoms with E-state index in [0.29, 0.717) is 18.7 Å². The van der Waals surface area contributed by atoms with Gasteiger partial charge in [0.2, 0.25) is 5.91 Å². The molecule has 1 atom stereocenters. The summed E-state index contributed by atoms with van der Waals surface area (Å²) < 4.78 is 4.87. The van der Waals surface area contributed by atoms with Crippen molar-refractivity contribution >= 4 is 17.8 Å². The summed E-state index contributed by atoms with van der Waals surface area (Å²) in [5, 5.41) is 2.68. The number of nitrogens with one attached hydrogen (secondary N) is 1. The van der Waals surface area contributed by atoms with Crippen molar-refractivity contribution in [3.8, 4) is 0 Å². The van der Waals surface area contributed by atoms with Crippen LogP contribution in [0.3, 0.4) is 0 Å². The van der Waals surface area contributed by atoms with E-state index < -0.39 is 12.0 Å². The molecule has 1 aromatic carbocycles. The van der Waals surface area contributed by atoms with Crippen LogP contribution in [0.25, 0.3) is 0 Å². The first-order valence-corrected chi connectivity index (χ1v) is 6.93. The fourth-order valence-electron chi connectivity index (χ4n) is 2.29. The molecule has 1 aliphatic heterocycles. The number of carbonyl (C=O) groups excluding carboxylic acids is 3. The van der Waals surface area contributed by atoms with Crippen LogP contribution >= 0.6 is 0 Å². The van der Waals surface area contributed by atoms with Gasteiger partial charge in [-0.15, -0.1) is 0 Å². The second-order valence-corrected chi connectivity index (χ2v) is 4.68. The van der Waals surface area contributed by atoms with Gasteiger partial charge >= 0.3 is 5.97 Å². The Kier molecular flexibility index (Phi) is 4.92. The zero-order valence-electron chi connectivity index (χ0n) is 11.9. The third kappa shape index (κ3) is 3.59. The van der Waals surface area contributed by atoms with Gasteiger partial charge in [-0.25, -0.2) is 0 Å². The van der Waals surface area contributed by atoms with Crippen molar-refractivity contribution in [2.45, 2.75) is 19.4 Å². The van der Waals surface area contributed by atoms with E-state index in [1.165, 1.54) is 4.90 Å². The molecule has 1 aliphatic rings. The van der Waals surface area contributed by atoms with Gasteiger partial charge in [0, 0.05) is 18.7 Å². The summed E-state index contributed by atoms with van der Waals surface area (Å²) in [6.45, 7) is 2.71. The summed E-state index contributed by atoms with van der Waals surface area (Å²) in [5.41, 5.74) is 0.501. The highest BCUT2D eigenvalue weighted by molar-refractivity contribution is 5.99. The molecule has 1 saturated heterocycles. The van der Waals surface area contributed by atoms with Crippen molar-refractivity contribution in [3.05, 3.63) is 35.9 Å². The van der Waals surface area contributed by atoms with Crippen molar-refractivity contribution < 1.29 is 19.1 Å². The Balaban J connectivity index is 2.16. The molecule has 6 heteroatoms. The Morgan fingerprint density at radius 1 is 1.33 bits per heavy atom. The molecule has 0 bridgehead atoms. The molecule has 0 unspecified atom stereocenters. The highest BCUT2D eigenvalue weighted by atomic mass is 16.5. The first-order valence-electron chi connectivity index (χ1n) is 6.93. The quantitative estimate of drug-likeness (QED) is 0.823. The highest BCUT2D eigenvalue weighted by Gasteiger charge is 2.35. The number of nitrogens with zero attached hydrogens (tertiary/aromatic N) is 1. The number of esters is 1. The van der Waals surface area contributed by atoms with E-state index in [1.807, 2.05) is 6.07 Å². The molecule has 0 aromatic heterocycles. The third-order valence-electron chi connectivity index (χ3n) is 3.28. The van der Waals surface area contributed by atoms with Crippen molar-refractivity contribution in [1.29, 1.82) is 0 Å². The fourth-order valence-corrected chi connectivity index (χ4v) is 2.29. The van der Waals surface area contributed by atoms with Crippen LogP contribution in [0.2, 0.25) is 0 Å². The SMILES string of the molecule is CCOC(=O)C[C@@H]1C(=O)NCCN1C(=O)c1ccccc1. The largest absolute Gasteiger partial charge is 0.466 e. The highest BCUT2D eigenvalue weighted by Crippen LogP contribution is 2.14. The van der Waals surface area contributed by atoms with Crippen molar-refractivity contribution in [1.82, 2.24) is 10.2 Å². The molecule has 2 amide bonds. The Hall–Kier alpha value is -2.37. The molecule has 2 rings (SSSR count). The number of ether oxygens (including phenoxy) is 1. The molecular formula is C15H18N2O4. The minimum atomic E-state index is -0.814. The molecule has 6 nitrogen and oxygen atoms in total.